The summed E-state index contributed by atoms with van der Waals surface area (Å²) in [5.41, 5.74) is 0. The molecule has 1 saturated carbocycles. The summed E-state index contributed by atoms with van der Waals surface area (Å²) in [6.07, 6.45) is 9.18. The van der Waals surface area contributed by atoms with Gasteiger partial charge in [0.05, 0.1) is 5.75 Å². The summed E-state index contributed by atoms with van der Waals surface area (Å²) in [4.78, 5) is 0. The van der Waals surface area contributed by atoms with Crippen molar-refractivity contribution in [2.75, 3.05) is 12.3 Å². The van der Waals surface area contributed by atoms with Crippen LogP contribution in [0.5, 0.6) is 0 Å². The van der Waals surface area contributed by atoms with Crippen molar-refractivity contribution in [1.82, 2.24) is 10.0 Å². The smallest absolute Gasteiger partial charge is 0.213 e. The van der Waals surface area contributed by atoms with Crippen LogP contribution in [0.4, 0.5) is 0 Å². The molecule has 2 unspecified atom stereocenters. The predicted molar refractivity (Wildman–Crippen MR) is 78.6 cm³/mol. The molecule has 112 valence electrons. The fourth-order valence-corrected chi connectivity index (χ4v) is 5.22. The summed E-state index contributed by atoms with van der Waals surface area (Å²) >= 11 is 0. The average Bonchev–Trinajstić information content (AvgIpc) is 2.89. The molecule has 4 nitrogen and oxygen atoms in total. The lowest BCUT2D eigenvalue weighted by molar-refractivity contribution is 0.285. The van der Waals surface area contributed by atoms with E-state index in [1.165, 1.54) is 32.1 Å². The van der Waals surface area contributed by atoms with Crippen molar-refractivity contribution in [3.05, 3.63) is 0 Å². The quantitative estimate of drug-likeness (QED) is 0.786. The molecule has 0 bridgehead atoms. The molecule has 1 saturated heterocycles. The molecule has 0 spiro atoms. The zero-order valence-electron chi connectivity index (χ0n) is 12.0. The van der Waals surface area contributed by atoms with E-state index in [2.05, 4.69) is 17.0 Å². The third kappa shape index (κ3) is 4.72. The van der Waals surface area contributed by atoms with Gasteiger partial charge in [-0.05, 0) is 44.6 Å². The lowest BCUT2D eigenvalue weighted by atomic mass is 9.83. The molecule has 2 rings (SSSR count). The second-order valence-corrected chi connectivity index (χ2v) is 7.90. The first-order valence-corrected chi connectivity index (χ1v) is 9.49. The van der Waals surface area contributed by atoms with E-state index in [9.17, 15) is 8.42 Å². The van der Waals surface area contributed by atoms with E-state index in [-0.39, 0.29) is 17.8 Å². The molecule has 2 N–H and O–H groups in total. The van der Waals surface area contributed by atoms with Crippen molar-refractivity contribution in [2.24, 2.45) is 5.92 Å². The van der Waals surface area contributed by atoms with Crippen LogP contribution in [0, 0.1) is 5.92 Å². The molecule has 2 atom stereocenters. The molecule has 5 heteroatoms. The van der Waals surface area contributed by atoms with Crippen LogP contribution in [0.3, 0.4) is 0 Å². The van der Waals surface area contributed by atoms with Crippen molar-refractivity contribution in [3.8, 4) is 0 Å². The van der Waals surface area contributed by atoms with Crippen LogP contribution >= 0.6 is 0 Å². The molecular weight excluding hydrogens is 260 g/mol. The molecule has 0 aromatic heterocycles. The van der Waals surface area contributed by atoms with Gasteiger partial charge in [-0.1, -0.05) is 26.2 Å². The molecule has 1 aliphatic carbocycles. The Morgan fingerprint density at radius 1 is 1.16 bits per heavy atom. The Hall–Kier alpha value is -0.130. The van der Waals surface area contributed by atoms with E-state index >= 15 is 0 Å². The highest BCUT2D eigenvalue weighted by molar-refractivity contribution is 7.89. The molecule has 2 fully saturated rings. The van der Waals surface area contributed by atoms with Crippen molar-refractivity contribution < 1.29 is 8.42 Å². The maximum Gasteiger partial charge on any atom is 0.213 e. The molecule has 0 amide bonds. The van der Waals surface area contributed by atoms with Crippen molar-refractivity contribution in [1.29, 1.82) is 0 Å². The maximum atomic E-state index is 12.2. The van der Waals surface area contributed by atoms with E-state index in [1.807, 2.05) is 0 Å². The number of sulfonamides is 1. The highest BCUT2D eigenvalue weighted by Crippen LogP contribution is 2.28. The van der Waals surface area contributed by atoms with Gasteiger partial charge in [0.2, 0.25) is 10.0 Å². The average molecular weight is 288 g/mol. The van der Waals surface area contributed by atoms with Crippen LogP contribution in [0.1, 0.15) is 58.3 Å². The fourth-order valence-electron chi connectivity index (χ4n) is 3.49. The van der Waals surface area contributed by atoms with Crippen LogP contribution in [0.2, 0.25) is 0 Å². The summed E-state index contributed by atoms with van der Waals surface area (Å²) in [6.45, 7) is 3.05. The SMILES string of the molecule is CCC(NS(=O)(=O)CC1CCCN1)C1CCCCC1. The monoisotopic (exact) mass is 288 g/mol. The number of rotatable bonds is 6. The van der Waals surface area contributed by atoms with Gasteiger partial charge in [0.15, 0.2) is 0 Å². The van der Waals surface area contributed by atoms with Crippen LogP contribution in [0.15, 0.2) is 0 Å². The normalized spacial score (nSPS) is 27.5. The lowest BCUT2D eigenvalue weighted by Crippen LogP contribution is -2.44. The molecule has 2 aliphatic rings. The number of hydrogen-bond acceptors (Lipinski definition) is 3. The minimum Gasteiger partial charge on any atom is -0.313 e. The van der Waals surface area contributed by atoms with Gasteiger partial charge in [-0.3, -0.25) is 0 Å². The summed E-state index contributed by atoms with van der Waals surface area (Å²) in [5.74, 6) is 0.793. The van der Waals surface area contributed by atoms with Gasteiger partial charge in [-0.25, -0.2) is 13.1 Å². The molecule has 1 aliphatic heterocycles. The van der Waals surface area contributed by atoms with Crippen LogP contribution in [-0.4, -0.2) is 32.8 Å². The Balaban J connectivity index is 1.88. The third-order valence-corrected chi connectivity index (χ3v) is 6.08. The van der Waals surface area contributed by atoms with Crippen molar-refractivity contribution >= 4 is 10.0 Å². The standard InChI is InChI=1S/C14H28N2O2S/c1-2-14(12-7-4-3-5-8-12)16-19(17,18)11-13-9-6-10-15-13/h12-16H,2-11H2,1H3. The first-order chi connectivity index (χ1) is 9.11. The molecular formula is C14H28N2O2S. The molecule has 19 heavy (non-hydrogen) atoms. The van der Waals surface area contributed by atoms with Crippen LogP contribution < -0.4 is 10.0 Å². The van der Waals surface area contributed by atoms with Gasteiger partial charge in [-0.2, -0.15) is 0 Å². The van der Waals surface area contributed by atoms with E-state index in [4.69, 9.17) is 0 Å². The number of hydrogen-bond donors (Lipinski definition) is 2. The summed E-state index contributed by atoms with van der Waals surface area (Å²) in [7, 11) is -3.14. The second-order valence-electron chi connectivity index (χ2n) is 6.11. The molecule has 0 aromatic carbocycles. The van der Waals surface area contributed by atoms with Crippen LogP contribution in [-0.2, 0) is 10.0 Å². The maximum absolute atomic E-state index is 12.2. The Bertz CT molecular complexity index is 358. The van der Waals surface area contributed by atoms with Crippen molar-refractivity contribution in [3.63, 3.8) is 0 Å². The van der Waals surface area contributed by atoms with Gasteiger partial charge in [-0.15, -0.1) is 0 Å². The zero-order valence-corrected chi connectivity index (χ0v) is 12.8. The molecule has 0 radical (unpaired) electrons. The minimum absolute atomic E-state index is 0.145. The Morgan fingerprint density at radius 3 is 2.47 bits per heavy atom. The van der Waals surface area contributed by atoms with Gasteiger partial charge in [0.1, 0.15) is 0 Å². The summed E-state index contributed by atoms with van der Waals surface area (Å²) in [5, 5.41) is 3.26. The Labute approximate surface area is 117 Å². The minimum atomic E-state index is -3.14. The lowest BCUT2D eigenvalue weighted by Gasteiger charge is -2.30. The fraction of sp³-hybridized carbons (Fsp3) is 1.00. The summed E-state index contributed by atoms with van der Waals surface area (Å²) in [6, 6.07) is 0.299. The molecule has 0 aromatic rings. The van der Waals surface area contributed by atoms with E-state index in [1.54, 1.807) is 0 Å². The predicted octanol–water partition coefficient (Wildman–Crippen LogP) is 2.02. The van der Waals surface area contributed by atoms with Gasteiger partial charge in [0.25, 0.3) is 0 Å². The number of nitrogens with one attached hydrogen (secondary N) is 2. The van der Waals surface area contributed by atoms with Gasteiger partial charge < -0.3 is 5.32 Å². The van der Waals surface area contributed by atoms with E-state index in [0.29, 0.717) is 5.92 Å². The highest BCUT2D eigenvalue weighted by Gasteiger charge is 2.28. The third-order valence-electron chi connectivity index (χ3n) is 4.57. The highest BCUT2D eigenvalue weighted by atomic mass is 32.2. The summed E-state index contributed by atoms with van der Waals surface area (Å²) < 4.78 is 27.5. The Morgan fingerprint density at radius 2 is 1.89 bits per heavy atom. The Kier molecular flexibility index (Phi) is 5.66. The van der Waals surface area contributed by atoms with Gasteiger partial charge >= 0.3 is 0 Å². The van der Waals surface area contributed by atoms with E-state index < -0.39 is 10.0 Å². The van der Waals surface area contributed by atoms with Crippen LogP contribution in [0.25, 0.3) is 0 Å². The first-order valence-electron chi connectivity index (χ1n) is 7.84. The molecule has 1 heterocycles. The van der Waals surface area contributed by atoms with E-state index in [0.717, 1.165) is 25.8 Å². The second kappa shape index (κ2) is 7.04. The largest absolute Gasteiger partial charge is 0.313 e. The first kappa shape index (κ1) is 15.3. The topological polar surface area (TPSA) is 58.2 Å². The zero-order chi connectivity index (χ0) is 13.7. The van der Waals surface area contributed by atoms with Crippen molar-refractivity contribution in [2.45, 2.75) is 70.4 Å². The van der Waals surface area contributed by atoms with Gasteiger partial charge in [0, 0.05) is 12.1 Å².